The molecule has 2 rings (SSSR count). The van der Waals surface area contributed by atoms with E-state index in [4.69, 9.17) is 0 Å². The lowest BCUT2D eigenvalue weighted by Gasteiger charge is -1.99. The third kappa shape index (κ3) is 2.65. The third-order valence-electron chi connectivity index (χ3n) is 1.75. The topological polar surface area (TPSA) is 94.9 Å². The number of hydrogen-bond acceptors (Lipinski definition) is 7. The van der Waals surface area contributed by atoms with Crippen LogP contribution >= 0.6 is 0 Å². The minimum absolute atomic E-state index is 0.0512. The number of esters is 2. The summed E-state index contributed by atoms with van der Waals surface area (Å²) in [6.07, 6.45) is 2.81. The summed E-state index contributed by atoms with van der Waals surface area (Å²) in [5.74, 6) is -1.76. The first-order valence-corrected chi connectivity index (χ1v) is 4.59. The number of nitrogens with zero attached hydrogens (tertiary/aromatic N) is 4. The maximum absolute atomic E-state index is 11.4. The maximum Gasteiger partial charge on any atom is 0.366 e. The zero-order chi connectivity index (χ0) is 12.1. The monoisotopic (exact) mass is 230 g/mol. The predicted octanol–water partition coefficient (Wildman–Crippen LogP) is 0.264. The Bertz CT molecular complexity index is 480. The average Bonchev–Trinajstić information content (AvgIpc) is 2.40. The normalized spacial score (nSPS) is 9.65. The molecule has 0 aliphatic carbocycles. The van der Waals surface area contributed by atoms with Gasteiger partial charge in [-0.05, 0) is 24.3 Å². The molecule has 2 aromatic rings. The van der Waals surface area contributed by atoms with Gasteiger partial charge in [0.1, 0.15) is 0 Å². The lowest BCUT2D eigenvalue weighted by atomic mass is 10.4. The van der Waals surface area contributed by atoms with Gasteiger partial charge in [-0.2, -0.15) is 10.2 Å². The second-order valence-corrected chi connectivity index (χ2v) is 2.89. The summed E-state index contributed by atoms with van der Waals surface area (Å²) in [7, 11) is 0. The van der Waals surface area contributed by atoms with E-state index in [0.29, 0.717) is 0 Å². The minimum Gasteiger partial charge on any atom is -0.383 e. The van der Waals surface area contributed by atoms with Crippen molar-refractivity contribution in [2.24, 2.45) is 0 Å². The van der Waals surface area contributed by atoms with E-state index in [1.807, 2.05) is 0 Å². The van der Waals surface area contributed by atoms with E-state index in [1.54, 1.807) is 0 Å². The molecule has 0 saturated heterocycles. The average molecular weight is 230 g/mol. The van der Waals surface area contributed by atoms with Crippen LogP contribution in [0.2, 0.25) is 0 Å². The first-order chi connectivity index (χ1) is 8.27. The van der Waals surface area contributed by atoms with Gasteiger partial charge in [-0.15, -0.1) is 10.2 Å². The molecule has 7 heteroatoms. The standard InChI is InChI=1S/C10H6N4O3/c15-9(7-3-1-5-11-13-7)17-10(16)8-4-2-6-12-14-8/h1-6H. The first-order valence-electron chi connectivity index (χ1n) is 4.59. The van der Waals surface area contributed by atoms with Crippen LogP contribution in [0.3, 0.4) is 0 Å². The molecular formula is C10H6N4O3. The molecule has 0 N–H and O–H groups in total. The molecule has 0 aliphatic heterocycles. The summed E-state index contributed by atoms with van der Waals surface area (Å²) < 4.78 is 4.54. The molecule has 0 spiro atoms. The molecule has 2 heterocycles. The van der Waals surface area contributed by atoms with E-state index in [2.05, 4.69) is 25.1 Å². The van der Waals surface area contributed by atoms with Crippen LogP contribution in [0.1, 0.15) is 21.0 Å². The smallest absolute Gasteiger partial charge is 0.366 e. The fourth-order valence-corrected chi connectivity index (χ4v) is 1.01. The molecule has 0 atom stereocenters. The SMILES string of the molecule is O=C(OC(=O)c1cccnn1)c1cccnn1. The number of hydrogen-bond donors (Lipinski definition) is 0. The van der Waals surface area contributed by atoms with Crippen LogP contribution in [-0.2, 0) is 4.74 Å². The molecule has 84 valence electrons. The molecule has 17 heavy (non-hydrogen) atoms. The van der Waals surface area contributed by atoms with Gasteiger partial charge in [0.05, 0.1) is 0 Å². The van der Waals surface area contributed by atoms with E-state index in [0.717, 1.165) is 0 Å². The van der Waals surface area contributed by atoms with E-state index in [-0.39, 0.29) is 11.4 Å². The van der Waals surface area contributed by atoms with E-state index in [1.165, 1.54) is 36.7 Å². The molecule has 0 aromatic carbocycles. The second-order valence-electron chi connectivity index (χ2n) is 2.89. The second kappa shape index (κ2) is 4.88. The molecule has 0 saturated carbocycles. The Labute approximate surface area is 95.5 Å². The zero-order valence-corrected chi connectivity index (χ0v) is 8.48. The van der Waals surface area contributed by atoms with Gasteiger partial charge in [0.25, 0.3) is 0 Å². The molecule has 0 radical (unpaired) electrons. The van der Waals surface area contributed by atoms with Crippen molar-refractivity contribution >= 4 is 11.9 Å². The zero-order valence-electron chi connectivity index (χ0n) is 8.48. The van der Waals surface area contributed by atoms with Crippen molar-refractivity contribution in [1.29, 1.82) is 0 Å². The van der Waals surface area contributed by atoms with Crippen LogP contribution in [0.15, 0.2) is 36.7 Å². The van der Waals surface area contributed by atoms with Crippen molar-refractivity contribution < 1.29 is 14.3 Å². The Hall–Kier alpha value is -2.70. The van der Waals surface area contributed by atoms with Crippen molar-refractivity contribution in [1.82, 2.24) is 20.4 Å². The fourth-order valence-electron chi connectivity index (χ4n) is 1.01. The highest BCUT2D eigenvalue weighted by molar-refractivity contribution is 6.00. The van der Waals surface area contributed by atoms with Crippen molar-refractivity contribution in [3.8, 4) is 0 Å². The summed E-state index contributed by atoms with van der Waals surface area (Å²) in [5, 5.41) is 14.0. The third-order valence-corrected chi connectivity index (χ3v) is 1.75. The van der Waals surface area contributed by atoms with Crippen LogP contribution in [0, 0.1) is 0 Å². The Morgan fingerprint density at radius 1 is 0.882 bits per heavy atom. The maximum atomic E-state index is 11.4. The summed E-state index contributed by atoms with van der Waals surface area (Å²) in [5.41, 5.74) is -0.102. The van der Waals surface area contributed by atoms with Gasteiger partial charge < -0.3 is 4.74 Å². The summed E-state index contributed by atoms with van der Waals surface area (Å²) in [6, 6.07) is 5.80. The van der Waals surface area contributed by atoms with E-state index >= 15 is 0 Å². The number of rotatable bonds is 2. The molecular weight excluding hydrogens is 224 g/mol. The highest BCUT2D eigenvalue weighted by Gasteiger charge is 2.17. The fraction of sp³-hybridized carbons (Fsp3) is 0. The van der Waals surface area contributed by atoms with Crippen molar-refractivity contribution in [3.63, 3.8) is 0 Å². The molecule has 0 unspecified atom stereocenters. The van der Waals surface area contributed by atoms with Crippen LogP contribution in [-0.4, -0.2) is 32.3 Å². The highest BCUT2D eigenvalue weighted by atomic mass is 16.6. The summed E-state index contributed by atoms with van der Waals surface area (Å²) in [6.45, 7) is 0. The van der Waals surface area contributed by atoms with E-state index < -0.39 is 11.9 Å². The van der Waals surface area contributed by atoms with Crippen LogP contribution in [0.4, 0.5) is 0 Å². The number of ether oxygens (including phenoxy) is 1. The molecule has 0 fully saturated rings. The number of carbonyl (C=O) groups is 2. The van der Waals surface area contributed by atoms with Gasteiger partial charge in [0.15, 0.2) is 11.4 Å². The van der Waals surface area contributed by atoms with Gasteiger partial charge in [-0.25, -0.2) is 9.59 Å². The van der Waals surface area contributed by atoms with Crippen molar-refractivity contribution in [2.45, 2.75) is 0 Å². The predicted molar refractivity (Wildman–Crippen MR) is 53.8 cm³/mol. The number of carbonyl (C=O) groups excluding carboxylic acids is 2. The van der Waals surface area contributed by atoms with Gasteiger partial charge in [-0.1, -0.05) is 0 Å². The van der Waals surface area contributed by atoms with E-state index in [9.17, 15) is 9.59 Å². The summed E-state index contributed by atoms with van der Waals surface area (Å²) in [4.78, 5) is 22.9. The first kappa shape index (κ1) is 10.8. The lowest BCUT2D eigenvalue weighted by Crippen LogP contribution is -2.15. The van der Waals surface area contributed by atoms with Crippen molar-refractivity contribution in [2.75, 3.05) is 0 Å². The van der Waals surface area contributed by atoms with Crippen LogP contribution in [0.5, 0.6) is 0 Å². The van der Waals surface area contributed by atoms with Gasteiger partial charge in [-0.3, -0.25) is 0 Å². The Kier molecular flexibility index (Phi) is 3.10. The quantitative estimate of drug-likeness (QED) is 0.539. The van der Waals surface area contributed by atoms with Gasteiger partial charge in [0.2, 0.25) is 0 Å². The summed E-state index contributed by atoms with van der Waals surface area (Å²) >= 11 is 0. The molecule has 2 aromatic heterocycles. The number of aromatic nitrogens is 4. The Morgan fingerprint density at radius 2 is 1.35 bits per heavy atom. The van der Waals surface area contributed by atoms with Crippen molar-refractivity contribution in [3.05, 3.63) is 48.0 Å². The van der Waals surface area contributed by atoms with Gasteiger partial charge in [0, 0.05) is 12.4 Å². The largest absolute Gasteiger partial charge is 0.383 e. The van der Waals surface area contributed by atoms with Gasteiger partial charge >= 0.3 is 11.9 Å². The van der Waals surface area contributed by atoms with Crippen LogP contribution < -0.4 is 0 Å². The molecule has 0 bridgehead atoms. The molecule has 7 nitrogen and oxygen atoms in total. The Morgan fingerprint density at radius 3 is 1.71 bits per heavy atom. The molecule has 0 aliphatic rings. The highest BCUT2D eigenvalue weighted by Crippen LogP contribution is 2.00. The lowest BCUT2D eigenvalue weighted by molar-refractivity contribution is 0.0388. The molecule has 0 amide bonds. The van der Waals surface area contributed by atoms with Crippen LogP contribution in [0.25, 0.3) is 0 Å². The minimum atomic E-state index is -0.881. The Balaban J connectivity index is 2.08.